The van der Waals surface area contributed by atoms with Crippen molar-refractivity contribution in [2.24, 2.45) is 4.99 Å². The first-order valence-electron chi connectivity index (χ1n) is 5.47. The van der Waals surface area contributed by atoms with E-state index >= 15 is 0 Å². The Kier molecular flexibility index (Phi) is 4.88. The summed E-state index contributed by atoms with van der Waals surface area (Å²) in [7, 11) is 1.67. The molecule has 15 heavy (non-hydrogen) atoms. The summed E-state index contributed by atoms with van der Waals surface area (Å²) < 4.78 is 5.09. The number of methoxy groups -OCH3 is 1. The number of hydrogen-bond donors (Lipinski definition) is 0. The van der Waals surface area contributed by atoms with Crippen molar-refractivity contribution in [3.63, 3.8) is 0 Å². The van der Waals surface area contributed by atoms with Crippen molar-refractivity contribution in [2.75, 3.05) is 7.11 Å². The molecule has 0 aliphatic heterocycles. The van der Waals surface area contributed by atoms with Gasteiger partial charge in [-0.3, -0.25) is 4.99 Å². The first-order chi connectivity index (χ1) is 7.30. The fourth-order valence-corrected chi connectivity index (χ4v) is 1.38. The number of nitrogens with zero attached hydrogens (tertiary/aromatic N) is 1. The van der Waals surface area contributed by atoms with Gasteiger partial charge in [0.15, 0.2) is 0 Å². The lowest BCUT2D eigenvalue weighted by molar-refractivity contribution is 0.415. The van der Waals surface area contributed by atoms with Gasteiger partial charge in [0.25, 0.3) is 0 Å². The third-order valence-corrected chi connectivity index (χ3v) is 2.49. The van der Waals surface area contributed by atoms with Crippen molar-refractivity contribution in [3.05, 3.63) is 29.8 Å². The van der Waals surface area contributed by atoms with Gasteiger partial charge in [0.1, 0.15) is 5.75 Å². The molecule has 0 N–H and O–H groups in total. The summed E-state index contributed by atoms with van der Waals surface area (Å²) in [6, 6.07) is 8.39. The average molecular weight is 205 g/mol. The van der Waals surface area contributed by atoms with Gasteiger partial charge in [-0.2, -0.15) is 0 Å². The average Bonchev–Trinajstić information content (AvgIpc) is 2.31. The molecule has 0 aliphatic carbocycles. The highest BCUT2D eigenvalue weighted by molar-refractivity contribution is 5.79. The van der Waals surface area contributed by atoms with Crippen LogP contribution >= 0.6 is 0 Å². The highest BCUT2D eigenvalue weighted by atomic mass is 16.5. The third-order valence-electron chi connectivity index (χ3n) is 2.49. The van der Waals surface area contributed by atoms with Crippen molar-refractivity contribution < 1.29 is 4.74 Å². The van der Waals surface area contributed by atoms with E-state index in [9.17, 15) is 0 Å². The number of hydrogen-bond acceptors (Lipinski definition) is 2. The highest BCUT2D eigenvalue weighted by Crippen LogP contribution is 2.10. The smallest absolute Gasteiger partial charge is 0.118 e. The Hall–Kier alpha value is -1.31. The Balaban J connectivity index is 2.63. The Morgan fingerprint density at radius 2 is 1.80 bits per heavy atom. The summed E-state index contributed by atoms with van der Waals surface area (Å²) in [5, 5.41) is 0. The minimum Gasteiger partial charge on any atom is -0.497 e. The van der Waals surface area contributed by atoms with Crippen LogP contribution < -0.4 is 4.74 Å². The lowest BCUT2D eigenvalue weighted by atomic mass is 10.2. The molecule has 0 heterocycles. The van der Waals surface area contributed by atoms with E-state index in [2.05, 4.69) is 18.8 Å². The van der Waals surface area contributed by atoms with E-state index in [1.165, 1.54) is 0 Å². The molecule has 0 unspecified atom stereocenters. The van der Waals surface area contributed by atoms with Gasteiger partial charge in [0, 0.05) is 12.3 Å². The molecule has 0 amide bonds. The zero-order valence-corrected chi connectivity index (χ0v) is 9.73. The van der Waals surface area contributed by atoms with Gasteiger partial charge in [-0.05, 0) is 42.7 Å². The summed E-state index contributed by atoms with van der Waals surface area (Å²) >= 11 is 0. The highest BCUT2D eigenvalue weighted by Gasteiger charge is 1.97. The molecule has 0 bridgehead atoms. The van der Waals surface area contributed by atoms with Gasteiger partial charge < -0.3 is 4.74 Å². The van der Waals surface area contributed by atoms with Crippen LogP contribution in [-0.2, 0) is 0 Å². The summed E-state index contributed by atoms with van der Waals surface area (Å²) in [6.07, 6.45) is 4.14. The number of ether oxygens (including phenoxy) is 1. The molecule has 2 nitrogen and oxygen atoms in total. The Morgan fingerprint density at radius 1 is 1.20 bits per heavy atom. The van der Waals surface area contributed by atoms with E-state index in [4.69, 9.17) is 4.74 Å². The second-order valence-electron chi connectivity index (χ2n) is 3.52. The van der Waals surface area contributed by atoms with Crippen LogP contribution in [0.2, 0.25) is 0 Å². The van der Waals surface area contributed by atoms with E-state index < -0.39 is 0 Å². The molecule has 82 valence electrons. The lowest BCUT2D eigenvalue weighted by Gasteiger charge is -2.05. The molecule has 0 aromatic heterocycles. The van der Waals surface area contributed by atoms with Crippen molar-refractivity contribution in [3.8, 4) is 5.75 Å². The fraction of sp³-hybridized carbons (Fsp3) is 0.462. The van der Waals surface area contributed by atoms with Crippen molar-refractivity contribution >= 4 is 6.21 Å². The van der Waals surface area contributed by atoms with Gasteiger partial charge in [-0.25, -0.2) is 0 Å². The van der Waals surface area contributed by atoms with Crippen LogP contribution in [0.25, 0.3) is 0 Å². The maximum absolute atomic E-state index is 5.09. The van der Waals surface area contributed by atoms with Gasteiger partial charge in [0.05, 0.1) is 7.11 Å². The second-order valence-corrected chi connectivity index (χ2v) is 3.52. The third kappa shape index (κ3) is 3.74. The van der Waals surface area contributed by atoms with E-state index in [1.807, 2.05) is 30.5 Å². The molecule has 0 saturated carbocycles. The Morgan fingerprint density at radius 3 is 2.27 bits per heavy atom. The van der Waals surface area contributed by atoms with Crippen LogP contribution in [0, 0.1) is 0 Å². The molecule has 0 spiro atoms. The molecule has 0 radical (unpaired) electrons. The van der Waals surface area contributed by atoms with Crippen LogP contribution in [0.15, 0.2) is 29.3 Å². The van der Waals surface area contributed by atoms with Crippen LogP contribution in [0.4, 0.5) is 0 Å². The van der Waals surface area contributed by atoms with Crippen LogP contribution in [0.5, 0.6) is 5.75 Å². The second kappa shape index (κ2) is 6.23. The Labute approximate surface area is 92.0 Å². The van der Waals surface area contributed by atoms with Gasteiger partial charge >= 0.3 is 0 Å². The van der Waals surface area contributed by atoms with Crippen LogP contribution in [0.3, 0.4) is 0 Å². The predicted octanol–water partition coefficient (Wildman–Crippen LogP) is 3.30. The van der Waals surface area contributed by atoms with Crippen molar-refractivity contribution in [1.29, 1.82) is 0 Å². The molecule has 0 atom stereocenters. The summed E-state index contributed by atoms with van der Waals surface area (Å²) in [6.45, 7) is 4.33. The Bertz CT molecular complexity index is 299. The van der Waals surface area contributed by atoms with Crippen LogP contribution in [-0.4, -0.2) is 19.4 Å². The normalized spacial score (nSPS) is 11.2. The number of benzene rings is 1. The monoisotopic (exact) mass is 205 g/mol. The zero-order valence-electron chi connectivity index (χ0n) is 9.73. The summed E-state index contributed by atoms with van der Waals surface area (Å²) in [4.78, 5) is 4.52. The van der Waals surface area contributed by atoms with E-state index in [0.717, 1.165) is 24.2 Å². The van der Waals surface area contributed by atoms with E-state index in [-0.39, 0.29) is 0 Å². The number of aliphatic imine (C=N–C) groups is 1. The molecular formula is C13H19NO. The van der Waals surface area contributed by atoms with Crippen molar-refractivity contribution in [2.45, 2.75) is 32.7 Å². The zero-order chi connectivity index (χ0) is 11.1. The summed E-state index contributed by atoms with van der Waals surface area (Å²) in [5.41, 5.74) is 1.13. The van der Waals surface area contributed by atoms with Gasteiger partial charge in [-0.1, -0.05) is 13.8 Å². The maximum atomic E-state index is 5.09. The molecule has 1 rings (SSSR count). The van der Waals surface area contributed by atoms with E-state index in [1.54, 1.807) is 7.11 Å². The fourth-order valence-electron chi connectivity index (χ4n) is 1.38. The first-order valence-corrected chi connectivity index (χ1v) is 5.47. The quantitative estimate of drug-likeness (QED) is 0.676. The molecule has 1 aromatic rings. The molecule has 0 aliphatic rings. The summed E-state index contributed by atoms with van der Waals surface area (Å²) in [5.74, 6) is 0.884. The standard InChI is InChI=1S/C13H19NO/c1-4-12(5-2)14-10-11-6-8-13(15-3)9-7-11/h6-10,12H,4-5H2,1-3H3. The molecule has 0 saturated heterocycles. The van der Waals surface area contributed by atoms with Gasteiger partial charge in [0.2, 0.25) is 0 Å². The lowest BCUT2D eigenvalue weighted by Crippen LogP contribution is -2.00. The van der Waals surface area contributed by atoms with Crippen LogP contribution in [0.1, 0.15) is 32.3 Å². The minimum atomic E-state index is 0.451. The van der Waals surface area contributed by atoms with E-state index in [0.29, 0.717) is 6.04 Å². The topological polar surface area (TPSA) is 21.6 Å². The minimum absolute atomic E-state index is 0.451. The first kappa shape index (κ1) is 11.8. The molecular weight excluding hydrogens is 186 g/mol. The maximum Gasteiger partial charge on any atom is 0.118 e. The molecule has 2 heteroatoms. The largest absolute Gasteiger partial charge is 0.497 e. The predicted molar refractivity (Wildman–Crippen MR) is 65.0 cm³/mol. The molecule has 1 aromatic carbocycles. The van der Waals surface area contributed by atoms with Gasteiger partial charge in [-0.15, -0.1) is 0 Å². The number of rotatable bonds is 5. The molecule has 0 fully saturated rings. The SMILES string of the molecule is CCC(CC)N=Cc1ccc(OC)cc1. The van der Waals surface area contributed by atoms with Crippen molar-refractivity contribution in [1.82, 2.24) is 0 Å².